The van der Waals surface area contributed by atoms with Crippen molar-refractivity contribution in [1.29, 1.82) is 0 Å². The van der Waals surface area contributed by atoms with Crippen molar-refractivity contribution in [2.45, 2.75) is 90.0 Å². The lowest BCUT2D eigenvalue weighted by atomic mass is 10.1. The van der Waals surface area contributed by atoms with Crippen molar-refractivity contribution >= 4 is 88.5 Å². The molecule has 0 fully saturated rings. The van der Waals surface area contributed by atoms with Crippen LogP contribution in [-0.2, 0) is 7.05 Å². The summed E-state index contributed by atoms with van der Waals surface area (Å²) < 4.78 is 2.11. The quantitative estimate of drug-likeness (QED) is 0.115. The van der Waals surface area contributed by atoms with Crippen LogP contribution in [0.5, 0.6) is 0 Å². The third-order valence-corrected chi connectivity index (χ3v) is 11.2. The number of allylic oxidation sites excluding steroid dienone is 6. The number of anilines is 1. The van der Waals surface area contributed by atoms with Gasteiger partial charge in [-0.2, -0.15) is 0 Å². The van der Waals surface area contributed by atoms with Crippen LogP contribution in [0.25, 0.3) is 36.5 Å². The van der Waals surface area contributed by atoms with Gasteiger partial charge in [0.2, 0.25) is 0 Å². The molecule has 0 spiro atoms. The minimum Gasteiger partial charge on any atom is -0.378 e. The second-order valence-corrected chi connectivity index (χ2v) is 21.9. The van der Waals surface area contributed by atoms with Gasteiger partial charge in [-0.25, -0.2) is 0 Å². The average Bonchev–Trinajstić information content (AvgIpc) is 3.76. The number of aromatic nitrogens is 2. The van der Waals surface area contributed by atoms with Gasteiger partial charge in [0, 0.05) is 61.2 Å². The third-order valence-electron chi connectivity index (χ3n) is 10.0. The van der Waals surface area contributed by atoms with Crippen molar-refractivity contribution in [2.75, 3.05) is 19.0 Å². The van der Waals surface area contributed by atoms with Gasteiger partial charge in [-0.15, -0.1) is 0 Å². The van der Waals surface area contributed by atoms with E-state index in [0.29, 0.717) is 55.6 Å². The Morgan fingerprint density at radius 1 is 0.419 bits per heavy atom. The molecule has 0 unspecified atom stereocenters. The topological polar surface area (TPSA) is 21.1 Å². The lowest BCUT2D eigenvalue weighted by Gasteiger charge is -2.11. The second kappa shape index (κ2) is 38.3. The summed E-state index contributed by atoms with van der Waals surface area (Å²) in [4.78, 5) is 6.05. The van der Waals surface area contributed by atoms with Gasteiger partial charge in [0.05, 0.1) is 10.0 Å². The van der Waals surface area contributed by atoms with E-state index in [1.165, 1.54) is 33.6 Å². The maximum Gasteiger partial charge on any atom is 0.0598 e. The molecule has 0 atom stereocenters. The summed E-state index contributed by atoms with van der Waals surface area (Å²) in [5.74, 6) is 3.58. The highest BCUT2D eigenvalue weighted by atomic mass is 35.5. The average molecular weight is 1080 g/mol. The van der Waals surface area contributed by atoms with Gasteiger partial charge in [0.25, 0.3) is 0 Å². The Bertz CT molecular complexity index is 2570. The maximum atomic E-state index is 5.86. The minimum atomic E-state index is 0.540. The van der Waals surface area contributed by atoms with E-state index in [1.807, 2.05) is 54.6 Å². The Hall–Kier alpha value is -5.29. The Morgan fingerprint density at radius 3 is 1.19 bits per heavy atom. The van der Waals surface area contributed by atoms with Gasteiger partial charge in [0.15, 0.2) is 0 Å². The van der Waals surface area contributed by atoms with Crippen LogP contribution in [0.2, 0.25) is 20.1 Å². The van der Waals surface area contributed by atoms with E-state index < -0.39 is 0 Å². The minimum absolute atomic E-state index is 0.540. The van der Waals surface area contributed by atoms with Crippen LogP contribution in [0.4, 0.5) is 5.69 Å². The molecule has 0 N–H and O–H groups in total. The first-order valence-corrected chi connectivity index (χ1v) is 27.3. The Labute approximate surface area is 470 Å². The second-order valence-electron chi connectivity index (χ2n) is 20.2. The zero-order chi connectivity index (χ0) is 55.6. The predicted octanol–water partition coefficient (Wildman–Crippen LogP) is 21.9. The molecule has 6 aromatic rings. The summed E-state index contributed by atoms with van der Waals surface area (Å²) in [5, 5.41) is 2.56. The van der Waals surface area contributed by atoms with E-state index >= 15 is 0 Å². The smallest absolute Gasteiger partial charge is 0.0598 e. The van der Waals surface area contributed by atoms with E-state index in [0.717, 1.165) is 11.1 Å². The van der Waals surface area contributed by atoms with Crippen LogP contribution in [0.1, 0.15) is 122 Å². The summed E-state index contributed by atoms with van der Waals surface area (Å²) in [6, 6.07) is 36.5. The molecule has 74 heavy (non-hydrogen) atoms. The molecule has 0 aliphatic carbocycles. The maximum absolute atomic E-state index is 5.86. The number of aryl methyl sites for hydroxylation is 2. The molecule has 0 bridgehead atoms. The van der Waals surface area contributed by atoms with Crippen molar-refractivity contribution in [1.82, 2.24) is 9.55 Å². The van der Waals surface area contributed by atoms with Gasteiger partial charge < -0.3 is 9.47 Å². The standard InChI is InChI=1S/C13H19N.C12H16.2C11H12Cl2.C10H15N.C10H13N/c1-11(2)5-6-12-7-9-13(10-8-12)14(3)4;1-10(2)4-7-12-8-5-11(3)6-9-12;1-8(2)3-4-9-5-10(12)7-11(13)6-9;1-8(2)3-4-9-5-6-10(12)11(13)7-9;1-9(2)6-7-10-5-4-8-11(10)3;1-9(2)3-4-10-5-7-11-8-6-10/h5-11H,1-4H3;4-10H,1-3H3;2*3-8H,1-2H3;4-9H,1-3H3;3-9H,1-2H3/b6-5+;7-4+;2*4-3+;7-6+;4-3+. The number of hydrogen-bond donors (Lipinski definition) is 0. The van der Waals surface area contributed by atoms with Crippen molar-refractivity contribution < 1.29 is 0 Å². The molecule has 0 aliphatic heterocycles. The molecule has 2 heterocycles. The molecule has 4 aromatic carbocycles. The van der Waals surface area contributed by atoms with Gasteiger partial charge in [0.1, 0.15) is 0 Å². The highest BCUT2D eigenvalue weighted by Crippen LogP contribution is 2.24. The SMILES string of the molecule is CC(C)/C=C/c1cc(Cl)cc(Cl)c1.CC(C)/C=C/c1ccc(Cl)c(Cl)c1.CC(C)/C=C/c1ccc(N(C)C)cc1.CC(C)/C=C/c1cccn1C.CC(C)/C=C/c1ccncc1.Cc1ccc(/C=C/C(C)C)cc1. The molecule has 0 aliphatic rings. The molecule has 0 amide bonds. The van der Waals surface area contributed by atoms with Crippen molar-refractivity contribution in [2.24, 2.45) is 42.6 Å². The van der Waals surface area contributed by atoms with Crippen LogP contribution in [-0.4, -0.2) is 23.6 Å². The fourth-order valence-corrected chi connectivity index (χ4v) is 6.63. The number of halogens is 4. The summed E-state index contributed by atoms with van der Waals surface area (Å²) >= 11 is 23.3. The van der Waals surface area contributed by atoms with Crippen LogP contribution in [0, 0.1) is 42.4 Å². The first kappa shape index (κ1) is 66.7. The molecule has 2 aromatic heterocycles. The zero-order valence-electron chi connectivity index (χ0n) is 47.4. The van der Waals surface area contributed by atoms with Gasteiger partial charge in [-0.1, -0.05) is 244 Å². The molecular formula is C67H87Cl4N3. The number of rotatable bonds is 13. The highest BCUT2D eigenvalue weighted by molar-refractivity contribution is 6.42. The molecule has 6 rings (SSSR count). The molecule has 398 valence electrons. The number of nitrogens with zero attached hydrogens (tertiary/aromatic N) is 3. The van der Waals surface area contributed by atoms with Crippen molar-refractivity contribution in [3.05, 3.63) is 223 Å². The fraction of sp³-hybridized carbons (Fsp3) is 0.328. The summed E-state index contributed by atoms with van der Waals surface area (Å²) in [6.45, 7) is 28.1. The molecule has 0 saturated carbocycles. The van der Waals surface area contributed by atoms with Crippen molar-refractivity contribution in [3.8, 4) is 0 Å². The van der Waals surface area contributed by atoms with E-state index in [9.17, 15) is 0 Å². The van der Waals surface area contributed by atoms with Gasteiger partial charge >= 0.3 is 0 Å². The number of benzene rings is 4. The Balaban J connectivity index is 0.000000445. The van der Waals surface area contributed by atoms with E-state index in [2.05, 4.69) is 253 Å². The van der Waals surface area contributed by atoms with Gasteiger partial charge in [-0.3, -0.25) is 4.98 Å². The normalized spacial score (nSPS) is 11.4. The molecule has 0 saturated heterocycles. The van der Waals surface area contributed by atoms with Crippen molar-refractivity contribution in [3.63, 3.8) is 0 Å². The first-order valence-electron chi connectivity index (χ1n) is 25.8. The molecule has 7 heteroatoms. The van der Waals surface area contributed by atoms with E-state index in [4.69, 9.17) is 46.4 Å². The predicted molar refractivity (Wildman–Crippen MR) is 338 cm³/mol. The molecule has 3 nitrogen and oxygen atoms in total. The number of pyridine rings is 1. The monoisotopic (exact) mass is 1070 g/mol. The first-order chi connectivity index (χ1) is 34.9. The van der Waals surface area contributed by atoms with Crippen LogP contribution in [0.3, 0.4) is 0 Å². The Morgan fingerprint density at radius 2 is 0.797 bits per heavy atom. The molecule has 0 radical (unpaired) electrons. The number of hydrogen-bond acceptors (Lipinski definition) is 2. The van der Waals surface area contributed by atoms with Gasteiger partial charge in [-0.05, 0) is 143 Å². The van der Waals surface area contributed by atoms with Crippen LogP contribution < -0.4 is 4.90 Å². The third kappa shape index (κ3) is 34.2. The van der Waals surface area contributed by atoms with Crippen LogP contribution in [0.15, 0.2) is 164 Å². The summed E-state index contributed by atoms with van der Waals surface area (Å²) in [5.41, 5.74) is 9.73. The van der Waals surface area contributed by atoms with E-state index in [-0.39, 0.29) is 0 Å². The van der Waals surface area contributed by atoms with Crippen LogP contribution >= 0.6 is 46.4 Å². The Kier molecular flexibility index (Phi) is 34.5. The lowest BCUT2D eigenvalue weighted by Crippen LogP contribution is -2.07. The van der Waals surface area contributed by atoms with E-state index in [1.54, 1.807) is 18.5 Å². The summed E-state index contributed by atoms with van der Waals surface area (Å²) in [7, 11) is 6.16. The largest absolute Gasteiger partial charge is 0.378 e. The lowest BCUT2D eigenvalue weighted by molar-refractivity contribution is 0.833. The fourth-order valence-electron chi connectivity index (χ4n) is 5.78. The summed E-state index contributed by atoms with van der Waals surface area (Å²) in [6.07, 6.45) is 31.4. The molecular weight excluding hydrogens is 989 g/mol. The zero-order valence-corrected chi connectivity index (χ0v) is 50.4. The highest BCUT2D eigenvalue weighted by Gasteiger charge is 1.98.